The molecule has 3 aromatic heterocycles. The predicted molar refractivity (Wildman–Crippen MR) is 72.9 cm³/mol. The Labute approximate surface area is 118 Å². The summed E-state index contributed by atoms with van der Waals surface area (Å²) in [5.41, 5.74) is 1.81. The average Bonchev–Trinajstić information content (AvgIpc) is 3.06. The molecule has 0 spiro atoms. The first kappa shape index (κ1) is 12.8. The number of thiazole rings is 1. The van der Waals surface area contributed by atoms with Crippen LogP contribution in [-0.2, 0) is 11.3 Å². The summed E-state index contributed by atoms with van der Waals surface area (Å²) in [5, 5.41) is 9.85. The van der Waals surface area contributed by atoms with E-state index < -0.39 is 5.97 Å². The Bertz CT molecular complexity index is 728. The van der Waals surface area contributed by atoms with E-state index in [-0.39, 0.29) is 5.69 Å². The minimum absolute atomic E-state index is 0.257. The molecule has 20 heavy (non-hydrogen) atoms. The molecular formula is C12H13N5O2S. The zero-order chi connectivity index (χ0) is 14.1. The number of ether oxygens (including phenoxy) is 1. The van der Waals surface area contributed by atoms with Gasteiger partial charge < -0.3 is 4.74 Å². The third kappa shape index (κ3) is 2.18. The molecule has 0 fully saturated rings. The fourth-order valence-corrected chi connectivity index (χ4v) is 2.62. The second-order valence-electron chi connectivity index (χ2n) is 4.23. The van der Waals surface area contributed by atoms with Crippen molar-refractivity contribution in [3.8, 4) is 0 Å². The maximum Gasteiger partial charge on any atom is 0.360 e. The Kier molecular flexibility index (Phi) is 3.23. The monoisotopic (exact) mass is 291 g/mol. The van der Waals surface area contributed by atoms with Gasteiger partial charge in [0.15, 0.2) is 10.7 Å². The summed E-state index contributed by atoms with van der Waals surface area (Å²) >= 11 is 1.57. The minimum Gasteiger partial charge on any atom is -0.461 e. The van der Waals surface area contributed by atoms with Gasteiger partial charge in [0.2, 0.25) is 0 Å². The molecule has 0 amide bonds. The van der Waals surface area contributed by atoms with E-state index >= 15 is 0 Å². The Morgan fingerprint density at radius 1 is 1.50 bits per heavy atom. The van der Waals surface area contributed by atoms with Gasteiger partial charge in [0.05, 0.1) is 24.5 Å². The maximum absolute atomic E-state index is 11.7. The smallest absolute Gasteiger partial charge is 0.360 e. The van der Waals surface area contributed by atoms with E-state index in [0.717, 1.165) is 10.7 Å². The topological polar surface area (TPSA) is 74.3 Å². The molecule has 0 aromatic carbocycles. The lowest BCUT2D eigenvalue weighted by molar-refractivity contribution is 0.0518. The molecule has 3 aromatic rings. The van der Waals surface area contributed by atoms with Crippen molar-refractivity contribution in [3.63, 3.8) is 0 Å². The third-order valence-electron chi connectivity index (χ3n) is 2.91. The van der Waals surface area contributed by atoms with Gasteiger partial charge in [-0.25, -0.2) is 14.5 Å². The molecule has 0 unspecified atom stereocenters. The highest BCUT2D eigenvalue weighted by molar-refractivity contribution is 7.15. The van der Waals surface area contributed by atoms with Crippen LogP contribution < -0.4 is 0 Å². The normalized spacial score (nSPS) is 11.1. The quantitative estimate of drug-likeness (QED) is 0.681. The Balaban J connectivity index is 1.84. The molecule has 0 N–H and O–H groups in total. The Hall–Kier alpha value is -2.22. The largest absolute Gasteiger partial charge is 0.461 e. The van der Waals surface area contributed by atoms with E-state index in [4.69, 9.17) is 4.74 Å². The molecule has 3 heterocycles. The molecule has 104 valence electrons. The summed E-state index contributed by atoms with van der Waals surface area (Å²) in [7, 11) is 0. The molecule has 3 rings (SSSR count). The number of aromatic nitrogens is 5. The van der Waals surface area contributed by atoms with Gasteiger partial charge in [0.1, 0.15) is 0 Å². The number of hydrogen-bond acceptors (Lipinski definition) is 6. The number of imidazole rings is 1. The molecule has 0 aliphatic heterocycles. The van der Waals surface area contributed by atoms with Crippen molar-refractivity contribution in [2.75, 3.05) is 6.61 Å². The van der Waals surface area contributed by atoms with Crippen LogP contribution in [0.2, 0.25) is 0 Å². The van der Waals surface area contributed by atoms with Gasteiger partial charge in [0, 0.05) is 17.8 Å². The van der Waals surface area contributed by atoms with E-state index in [1.807, 2.05) is 22.2 Å². The predicted octanol–water partition coefficient (Wildman–Crippen LogP) is 1.52. The zero-order valence-corrected chi connectivity index (χ0v) is 11.9. The standard InChI is InChI=1S/C12H13N5O2S/c1-3-19-11(18)10-8(2)17(15-14-10)7-9-6-16-4-5-20-12(16)13-9/h4-6H,3,7H2,1-2H3. The van der Waals surface area contributed by atoms with Gasteiger partial charge in [-0.1, -0.05) is 5.21 Å². The van der Waals surface area contributed by atoms with Crippen LogP contribution in [0.15, 0.2) is 17.8 Å². The summed E-state index contributed by atoms with van der Waals surface area (Å²) in [6.45, 7) is 4.36. The van der Waals surface area contributed by atoms with Crippen molar-refractivity contribution in [1.82, 2.24) is 24.4 Å². The van der Waals surface area contributed by atoms with Crippen LogP contribution in [0.25, 0.3) is 4.96 Å². The summed E-state index contributed by atoms with van der Waals surface area (Å²) < 4.78 is 8.54. The molecule has 0 aliphatic rings. The van der Waals surface area contributed by atoms with E-state index in [1.54, 1.807) is 29.9 Å². The summed E-state index contributed by atoms with van der Waals surface area (Å²) in [4.78, 5) is 17.1. The molecule has 0 aliphatic carbocycles. The van der Waals surface area contributed by atoms with Crippen molar-refractivity contribution < 1.29 is 9.53 Å². The lowest BCUT2D eigenvalue weighted by Crippen LogP contribution is -2.09. The molecule has 0 radical (unpaired) electrons. The van der Waals surface area contributed by atoms with Crippen LogP contribution in [0, 0.1) is 6.92 Å². The first-order valence-electron chi connectivity index (χ1n) is 6.17. The Morgan fingerprint density at radius 3 is 3.10 bits per heavy atom. The van der Waals surface area contributed by atoms with Gasteiger partial charge in [-0.2, -0.15) is 0 Å². The number of nitrogens with zero attached hydrogens (tertiary/aromatic N) is 5. The number of carbonyl (C=O) groups is 1. The van der Waals surface area contributed by atoms with Gasteiger partial charge in [0.25, 0.3) is 0 Å². The van der Waals surface area contributed by atoms with Gasteiger partial charge in [-0.05, 0) is 13.8 Å². The lowest BCUT2D eigenvalue weighted by Gasteiger charge is -2.01. The van der Waals surface area contributed by atoms with Crippen LogP contribution in [0.3, 0.4) is 0 Å². The van der Waals surface area contributed by atoms with Crippen molar-refractivity contribution in [1.29, 1.82) is 0 Å². The minimum atomic E-state index is -0.443. The van der Waals surface area contributed by atoms with Crippen LogP contribution >= 0.6 is 11.3 Å². The van der Waals surface area contributed by atoms with Crippen LogP contribution in [0.4, 0.5) is 0 Å². The summed E-state index contributed by atoms with van der Waals surface area (Å²) in [5.74, 6) is -0.443. The van der Waals surface area contributed by atoms with Crippen LogP contribution in [-0.4, -0.2) is 37.0 Å². The fourth-order valence-electron chi connectivity index (χ4n) is 1.90. The van der Waals surface area contributed by atoms with Gasteiger partial charge in [-0.15, -0.1) is 16.4 Å². The first-order chi connectivity index (χ1) is 9.69. The average molecular weight is 291 g/mol. The maximum atomic E-state index is 11.7. The second kappa shape index (κ2) is 5.04. The molecule has 7 nitrogen and oxygen atoms in total. The molecule has 0 saturated heterocycles. The highest BCUT2D eigenvalue weighted by Crippen LogP contribution is 2.13. The summed E-state index contributed by atoms with van der Waals surface area (Å²) in [6.07, 6.45) is 3.89. The molecular weight excluding hydrogens is 278 g/mol. The van der Waals surface area contributed by atoms with E-state index in [1.165, 1.54) is 0 Å². The molecule has 8 heteroatoms. The van der Waals surface area contributed by atoms with Crippen molar-refractivity contribution >= 4 is 22.3 Å². The number of fused-ring (bicyclic) bond motifs is 1. The lowest BCUT2D eigenvalue weighted by atomic mass is 10.3. The van der Waals surface area contributed by atoms with E-state index in [2.05, 4.69) is 15.3 Å². The number of carbonyl (C=O) groups excluding carboxylic acids is 1. The molecule has 0 saturated carbocycles. The van der Waals surface area contributed by atoms with E-state index in [9.17, 15) is 4.79 Å². The number of rotatable bonds is 4. The van der Waals surface area contributed by atoms with Gasteiger partial charge in [-0.3, -0.25) is 4.40 Å². The SMILES string of the molecule is CCOC(=O)c1nnn(Cc2cn3ccsc3n2)c1C. The van der Waals surface area contributed by atoms with Crippen molar-refractivity contribution in [3.05, 3.63) is 34.9 Å². The van der Waals surface area contributed by atoms with E-state index in [0.29, 0.717) is 18.8 Å². The van der Waals surface area contributed by atoms with Crippen molar-refractivity contribution in [2.45, 2.75) is 20.4 Å². The molecule has 0 atom stereocenters. The molecule has 0 bridgehead atoms. The second-order valence-corrected chi connectivity index (χ2v) is 5.10. The van der Waals surface area contributed by atoms with Crippen molar-refractivity contribution in [2.24, 2.45) is 0 Å². The van der Waals surface area contributed by atoms with Gasteiger partial charge >= 0.3 is 5.97 Å². The third-order valence-corrected chi connectivity index (χ3v) is 3.68. The summed E-state index contributed by atoms with van der Waals surface area (Å²) in [6, 6.07) is 0. The highest BCUT2D eigenvalue weighted by atomic mass is 32.1. The number of hydrogen-bond donors (Lipinski definition) is 0. The fraction of sp³-hybridized carbons (Fsp3) is 0.333. The first-order valence-corrected chi connectivity index (χ1v) is 7.05. The zero-order valence-electron chi connectivity index (χ0n) is 11.1. The number of esters is 1. The van der Waals surface area contributed by atoms with Crippen LogP contribution in [0.1, 0.15) is 28.8 Å². The Morgan fingerprint density at radius 2 is 2.35 bits per heavy atom. The van der Waals surface area contributed by atoms with Crippen LogP contribution in [0.5, 0.6) is 0 Å². The highest BCUT2D eigenvalue weighted by Gasteiger charge is 2.18.